The van der Waals surface area contributed by atoms with Crippen LogP contribution in [0.15, 0.2) is 18.2 Å². The fourth-order valence-electron chi connectivity index (χ4n) is 3.24. The zero-order chi connectivity index (χ0) is 17.8. The molecule has 25 heavy (non-hydrogen) atoms. The van der Waals surface area contributed by atoms with Crippen LogP contribution in [0.25, 0.3) is 0 Å². The summed E-state index contributed by atoms with van der Waals surface area (Å²) in [4.78, 5) is 37.6. The molecule has 7 nitrogen and oxygen atoms in total. The Morgan fingerprint density at radius 1 is 1.28 bits per heavy atom. The van der Waals surface area contributed by atoms with Crippen LogP contribution in [0.2, 0.25) is 0 Å². The number of amides is 3. The van der Waals surface area contributed by atoms with Crippen LogP contribution in [0.4, 0.5) is 11.4 Å². The normalized spacial score (nSPS) is 20.8. The van der Waals surface area contributed by atoms with Gasteiger partial charge in [0.15, 0.2) is 0 Å². The zero-order valence-electron chi connectivity index (χ0n) is 14.3. The number of piperidine rings is 2. The van der Waals surface area contributed by atoms with Crippen molar-refractivity contribution in [3.8, 4) is 5.75 Å². The molecule has 2 aliphatic heterocycles. The molecular formula is C18H23N3O4. The van der Waals surface area contributed by atoms with Gasteiger partial charge in [-0.15, -0.1) is 0 Å². The summed E-state index contributed by atoms with van der Waals surface area (Å²) in [6.07, 6.45) is 3.30. The van der Waals surface area contributed by atoms with Gasteiger partial charge in [-0.1, -0.05) is 0 Å². The van der Waals surface area contributed by atoms with E-state index < -0.39 is 0 Å². The van der Waals surface area contributed by atoms with Gasteiger partial charge >= 0.3 is 0 Å². The Bertz CT molecular complexity index is 679. The van der Waals surface area contributed by atoms with E-state index in [2.05, 4.69) is 10.6 Å². The number of carbonyl (C=O) groups is 3. The molecule has 2 N–H and O–H groups in total. The zero-order valence-corrected chi connectivity index (χ0v) is 14.3. The molecule has 3 amide bonds. The third-order valence-corrected chi connectivity index (χ3v) is 4.70. The first-order valence-corrected chi connectivity index (χ1v) is 8.64. The molecule has 0 aliphatic carbocycles. The van der Waals surface area contributed by atoms with Gasteiger partial charge in [-0.25, -0.2) is 0 Å². The molecule has 0 radical (unpaired) electrons. The SMILES string of the molecule is COc1ccc(NC(=O)C2CCC(=O)NC2)cc1N1CCCCC1=O. The van der Waals surface area contributed by atoms with Crippen molar-refractivity contribution in [2.45, 2.75) is 32.1 Å². The van der Waals surface area contributed by atoms with Crippen molar-refractivity contribution in [3.05, 3.63) is 18.2 Å². The van der Waals surface area contributed by atoms with E-state index in [0.29, 0.717) is 49.5 Å². The second-order valence-corrected chi connectivity index (χ2v) is 6.42. The van der Waals surface area contributed by atoms with Crippen LogP contribution in [-0.2, 0) is 14.4 Å². The van der Waals surface area contributed by atoms with Crippen molar-refractivity contribution < 1.29 is 19.1 Å². The molecule has 1 unspecified atom stereocenters. The van der Waals surface area contributed by atoms with E-state index in [1.54, 1.807) is 30.2 Å². The molecule has 2 heterocycles. The monoisotopic (exact) mass is 345 g/mol. The number of nitrogens with zero attached hydrogens (tertiary/aromatic N) is 1. The van der Waals surface area contributed by atoms with Gasteiger partial charge in [0.2, 0.25) is 17.7 Å². The number of hydrogen-bond donors (Lipinski definition) is 2. The molecule has 134 valence electrons. The lowest BCUT2D eigenvalue weighted by atomic mass is 9.98. The molecule has 0 saturated carbocycles. The predicted octanol–water partition coefficient (Wildman–Crippen LogP) is 1.68. The molecule has 3 rings (SSSR count). The Morgan fingerprint density at radius 2 is 2.12 bits per heavy atom. The highest BCUT2D eigenvalue weighted by Gasteiger charge is 2.26. The highest BCUT2D eigenvalue weighted by Crippen LogP contribution is 2.33. The molecule has 0 spiro atoms. The summed E-state index contributed by atoms with van der Waals surface area (Å²) >= 11 is 0. The third kappa shape index (κ3) is 3.92. The van der Waals surface area contributed by atoms with Gasteiger partial charge in [0.05, 0.1) is 18.7 Å². The Morgan fingerprint density at radius 3 is 2.80 bits per heavy atom. The average Bonchev–Trinajstić information content (AvgIpc) is 2.62. The van der Waals surface area contributed by atoms with Gasteiger partial charge in [-0.2, -0.15) is 0 Å². The second-order valence-electron chi connectivity index (χ2n) is 6.42. The molecule has 0 bridgehead atoms. The Balaban J connectivity index is 1.76. The van der Waals surface area contributed by atoms with E-state index in [4.69, 9.17) is 4.74 Å². The number of nitrogens with one attached hydrogen (secondary N) is 2. The maximum Gasteiger partial charge on any atom is 0.229 e. The fourth-order valence-corrected chi connectivity index (χ4v) is 3.24. The minimum atomic E-state index is -0.236. The average molecular weight is 345 g/mol. The van der Waals surface area contributed by atoms with Crippen molar-refractivity contribution in [2.24, 2.45) is 5.92 Å². The van der Waals surface area contributed by atoms with Crippen LogP contribution in [0.3, 0.4) is 0 Å². The lowest BCUT2D eigenvalue weighted by Gasteiger charge is -2.28. The van der Waals surface area contributed by atoms with E-state index in [-0.39, 0.29) is 23.6 Å². The van der Waals surface area contributed by atoms with Crippen LogP contribution in [0, 0.1) is 5.92 Å². The van der Waals surface area contributed by atoms with Crippen molar-refractivity contribution in [3.63, 3.8) is 0 Å². The molecule has 2 aliphatic rings. The number of methoxy groups -OCH3 is 1. The summed E-state index contributed by atoms with van der Waals surface area (Å²) in [5.74, 6) is 0.307. The van der Waals surface area contributed by atoms with Crippen molar-refractivity contribution >= 4 is 29.1 Å². The molecule has 1 atom stereocenters. The number of ether oxygens (including phenoxy) is 1. The van der Waals surface area contributed by atoms with Gasteiger partial charge in [0.1, 0.15) is 5.75 Å². The molecule has 1 aromatic rings. The van der Waals surface area contributed by atoms with Crippen LogP contribution >= 0.6 is 0 Å². The summed E-state index contributed by atoms with van der Waals surface area (Å²) < 4.78 is 5.38. The lowest BCUT2D eigenvalue weighted by molar-refractivity contribution is -0.126. The number of benzene rings is 1. The number of carbonyl (C=O) groups excluding carboxylic acids is 3. The number of anilines is 2. The minimum Gasteiger partial charge on any atom is -0.495 e. The molecule has 7 heteroatoms. The summed E-state index contributed by atoms with van der Waals surface area (Å²) in [6, 6.07) is 5.30. The predicted molar refractivity (Wildman–Crippen MR) is 93.6 cm³/mol. The first-order valence-electron chi connectivity index (χ1n) is 8.64. The Labute approximate surface area is 146 Å². The van der Waals surface area contributed by atoms with Crippen molar-refractivity contribution in [2.75, 3.05) is 30.4 Å². The fraction of sp³-hybridized carbons (Fsp3) is 0.500. The topological polar surface area (TPSA) is 87.7 Å². The van der Waals surface area contributed by atoms with Crippen LogP contribution < -0.4 is 20.3 Å². The van der Waals surface area contributed by atoms with Gasteiger partial charge in [0.25, 0.3) is 0 Å². The quantitative estimate of drug-likeness (QED) is 0.869. The maximum atomic E-state index is 12.4. The highest BCUT2D eigenvalue weighted by atomic mass is 16.5. The molecular weight excluding hydrogens is 322 g/mol. The smallest absolute Gasteiger partial charge is 0.229 e. The molecule has 1 aromatic carbocycles. The summed E-state index contributed by atoms with van der Waals surface area (Å²) in [5, 5.41) is 5.60. The van der Waals surface area contributed by atoms with Gasteiger partial charge < -0.3 is 20.3 Å². The van der Waals surface area contributed by atoms with Crippen LogP contribution in [0.1, 0.15) is 32.1 Å². The van der Waals surface area contributed by atoms with E-state index in [1.807, 2.05) is 0 Å². The minimum absolute atomic E-state index is 0.0144. The third-order valence-electron chi connectivity index (χ3n) is 4.70. The van der Waals surface area contributed by atoms with E-state index in [1.165, 1.54) is 0 Å². The maximum absolute atomic E-state index is 12.4. The van der Waals surface area contributed by atoms with Gasteiger partial charge in [-0.05, 0) is 37.5 Å². The van der Waals surface area contributed by atoms with E-state index in [0.717, 1.165) is 12.8 Å². The Hall–Kier alpha value is -2.57. The number of hydrogen-bond acceptors (Lipinski definition) is 4. The largest absolute Gasteiger partial charge is 0.495 e. The highest BCUT2D eigenvalue weighted by molar-refractivity contribution is 5.98. The number of rotatable bonds is 4. The molecule has 0 aromatic heterocycles. The van der Waals surface area contributed by atoms with Crippen molar-refractivity contribution in [1.82, 2.24) is 5.32 Å². The standard InChI is InChI=1S/C18H23N3O4/c1-25-15-7-6-13(10-14(15)21-9-3-2-4-17(21)23)20-18(24)12-5-8-16(22)19-11-12/h6-7,10,12H,2-5,8-9,11H2,1H3,(H,19,22)(H,20,24). The second kappa shape index (κ2) is 7.55. The first-order chi connectivity index (χ1) is 12.1. The van der Waals surface area contributed by atoms with Crippen LogP contribution in [0.5, 0.6) is 5.75 Å². The first kappa shape index (κ1) is 17.3. The Kier molecular flexibility index (Phi) is 5.21. The van der Waals surface area contributed by atoms with E-state index >= 15 is 0 Å². The molecule has 2 saturated heterocycles. The van der Waals surface area contributed by atoms with E-state index in [9.17, 15) is 14.4 Å². The lowest BCUT2D eigenvalue weighted by Crippen LogP contribution is -2.40. The summed E-state index contributed by atoms with van der Waals surface area (Å²) in [5.41, 5.74) is 1.30. The van der Waals surface area contributed by atoms with Gasteiger partial charge in [0, 0.05) is 31.6 Å². The summed E-state index contributed by atoms with van der Waals surface area (Å²) in [6.45, 7) is 1.01. The van der Waals surface area contributed by atoms with Gasteiger partial charge in [-0.3, -0.25) is 14.4 Å². The van der Waals surface area contributed by atoms with Crippen LogP contribution in [-0.4, -0.2) is 37.9 Å². The molecule has 2 fully saturated rings. The van der Waals surface area contributed by atoms with Crippen molar-refractivity contribution in [1.29, 1.82) is 0 Å². The summed E-state index contributed by atoms with van der Waals surface area (Å²) in [7, 11) is 1.57.